The van der Waals surface area contributed by atoms with Gasteiger partial charge in [-0.05, 0) is 67.6 Å². The summed E-state index contributed by atoms with van der Waals surface area (Å²) in [5.41, 5.74) is 1.13. The van der Waals surface area contributed by atoms with Crippen LogP contribution >= 0.6 is 0 Å². The van der Waals surface area contributed by atoms with Gasteiger partial charge in [-0.1, -0.05) is 18.2 Å². The Morgan fingerprint density at radius 3 is 2.16 bits per heavy atom. The van der Waals surface area contributed by atoms with Crippen LogP contribution in [-0.4, -0.2) is 23.3 Å². The lowest BCUT2D eigenvalue weighted by Gasteiger charge is -2.10. The van der Waals surface area contributed by atoms with Crippen LogP contribution in [0.1, 0.15) is 29.3 Å². The fourth-order valence-corrected chi connectivity index (χ4v) is 2.81. The SMILES string of the molecule is COc1ccc(-c2nnc([C@@H](C)OC(=O)c3ccc(Oc4ccccc4)cc3)o2)cc1. The van der Waals surface area contributed by atoms with Crippen LogP contribution in [-0.2, 0) is 4.74 Å². The van der Waals surface area contributed by atoms with Gasteiger partial charge in [0.25, 0.3) is 5.89 Å². The lowest BCUT2D eigenvalue weighted by atomic mass is 10.2. The van der Waals surface area contributed by atoms with Gasteiger partial charge in [0.2, 0.25) is 5.89 Å². The summed E-state index contributed by atoms with van der Waals surface area (Å²) in [7, 11) is 1.60. The molecule has 1 aromatic heterocycles. The van der Waals surface area contributed by atoms with Gasteiger partial charge < -0.3 is 18.6 Å². The van der Waals surface area contributed by atoms with E-state index in [1.165, 1.54) is 0 Å². The van der Waals surface area contributed by atoms with Crippen molar-refractivity contribution in [3.8, 4) is 28.7 Å². The largest absolute Gasteiger partial charge is 0.497 e. The van der Waals surface area contributed by atoms with E-state index in [1.54, 1.807) is 50.4 Å². The molecule has 0 amide bonds. The van der Waals surface area contributed by atoms with E-state index in [0.29, 0.717) is 17.2 Å². The minimum absolute atomic E-state index is 0.211. The fourth-order valence-electron chi connectivity index (χ4n) is 2.81. The van der Waals surface area contributed by atoms with Crippen LogP contribution in [0.3, 0.4) is 0 Å². The summed E-state index contributed by atoms with van der Waals surface area (Å²) in [6.07, 6.45) is -0.702. The van der Waals surface area contributed by atoms with Crippen LogP contribution in [0.4, 0.5) is 0 Å². The van der Waals surface area contributed by atoms with E-state index < -0.39 is 12.1 Å². The zero-order valence-corrected chi connectivity index (χ0v) is 17.0. The average molecular weight is 416 g/mol. The van der Waals surface area contributed by atoms with Crippen LogP contribution in [0.25, 0.3) is 11.5 Å². The molecule has 1 heterocycles. The summed E-state index contributed by atoms with van der Waals surface area (Å²) in [4.78, 5) is 12.5. The smallest absolute Gasteiger partial charge is 0.338 e. The third kappa shape index (κ3) is 4.90. The maximum absolute atomic E-state index is 12.5. The van der Waals surface area contributed by atoms with E-state index in [2.05, 4.69) is 10.2 Å². The Bertz CT molecular complexity index is 1140. The number of methoxy groups -OCH3 is 1. The Kier molecular flexibility index (Phi) is 5.93. The van der Waals surface area contributed by atoms with E-state index in [0.717, 1.165) is 17.1 Å². The second kappa shape index (κ2) is 9.13. The van der Waals surface area contributed by atoms with Crippen LogP contribution < -0.4 is 9.47 Å². The molecule has 0 spiro atoms. The number of hydrogen-bond acceptors (Lipinski definition) is 7. The molecular weight excluding hydrogens is 396 g/mol. The number of carbonyl (C=O) groups excluding carboxylic acids is 1. The zero-order valence-electron chi connectivity index (χ0n) is 17.0. The number of hydrogen-bond donors (Lipinski definition) is 0. The minimum atomic E-state index is -0.702. The van der Waals surface area contributed by atoms with Crippen molar-refractivity contribution in [3.63, 3.8) is 0 Å². The Morgan fingerprint density at radius 2 is 1.48 bits per heavy atom. The molecular formula is C24H20N2O5. The Labute approximate surface area is 179 Å². The number of ether oxygens (including phenoxy) is 3. The van der Waals surface area contributed by atoms with Gasteiger partial charge in [0.15, 0.2) is 6.10 Å². The van der Waals surface area contributed by atoms with Crippen molar-refractivity contribution >= 4 is 5.97 Å². The van der Waals surface area contributed by atoms with Crippen LogP contribution in [0.5, 0.6) is 17.2 Å². The first-order chi connectivity index (χ1) is 15.1. The first kappa shape index (κ1) is 20.2. The van der Waals surface area contributed by atoms with E-state index >= 15 is 0 Å². The first-order valence-electron chi connectivity index (χ1n) is 9.64. The minimum Gasteiger partial charge on any atom is -0.497 e. The van der Waals surface area contributed by atoms with Gasteiger partial charge in [0.1, 0.15) is 17.2 Å². The molecule has 1 atom stereocenters. The van der Waals surface area contributed by atoms with Gasteiger partial charge in [0, 0.05) is 5.56 Å². The summed E-state index contributed by atoms with van der Waals surface area (Å²) in [6, 6.07) is 23.3. The molecule has 4 aromatic rings. The molecule has 7 heteroatoms. The Balaban J connectivity index is 1.38. The molecule has 7 nitrogen and oxygen atoms in total. The normalized spacial score (nSPS) is 11.5. The summed E-state index contributed by atoms with van der Waals surface area (Å²) >= 11 is 0. The molecule has 0 aliphatic rings. The van der Waals surface area contributed by atoms with Crippen molar-refractivity contribution in [2.45, 2.75) is 13.0 Å². The number of benzene rings is 3. The van der Waals surface area contributed by atoms with Gasteiger partial charge in [-0.2, -0.15) is 0 Å². The van der Waals surface area contributed by atoms with Crippen LogP contribution in [0.15, 0.2) is 83.3 Å². The first-order valence-corrected chi connectivity index (χ1v) is 9.64. The topological polar surface area (TPSA) is 83.7 Å². The van der Waals surface area contributed by atoms with E-state index in [1.807, 2.05) is 42.5 Å². The molecule has 0 saturated heterocycles. The number of para-hydroxylation sites is 1. The lowest BCUT2D eigenvalue weighted by molar-refractivity contribution is 0.0280. The molecule has 4 rings (SSSR count). The van der Waals surface area contributed by atoms with Crippen molar-refractivity contribution in [1.82, 2.24) is 10.2 Å². The molecule has 0 fully saturated rings. The predicted octanol–water partition coefficient (Wildman–Crippen LogP) is 5.46. The van der Waals surface area contributed by atoms with Crippen LogP contribution in [0.2, 0.25) is 0 Å². The van der Waals surface area contributed by atoms with Gasteiger partial charge in [-0.15, -0.1) is 10.2 Å². The lowest BCUT2D eigenvalue weighted by Crippen LogP contribution is -2.09. The number of nitrogens with zero attached hydrogens (tertiary/aromatic N) is 2. The van der Waals surface area contributed by atoms with Crippen molar-refractivity contribution in [3.05, 3.63) is 90.3 Å². The maximum atomic E-state index is 12.5. The summed E-state index contributed by atoms with van der Waals surface area (Å²) < 4.78 is 22.0. The van der Waals surface area contributed by atoms with Gasteiger partial charge in [-0.25, -0.2) is 4.79 Å². The van der Waals surface area contributed by atoms with E-state index in [9.17, 15) is 4.79 Å². The number of aromatic nitrogens is 2. The van der Waals surface area contributed by atoms with Gasteiger partial charge in [-0.3, -0.25) is 0 Å². The second-order valence-corrected chi connectivity index (χ2v) is 6.66. The molecule has 0 aliphatic heterocycles. The van der Waals surface area contributed by atoms with Crippen molar-refractivity contribution in [2.24, 2.45) is 0 Å². The molecule has 3 aromatic carbocycles. The number of carbonyl (C=O) groups is 1. The zero-order chi connectivity index (χ0) is 21.6. The van der Waals surface area contributed by atoms with Crippen molar-refractivity contribution in [2.75, 3.05) is 7.11 Å². The second-order valence-electron chi connectivity index (χ2n) is 6.66. The van der Waals surface area contributed by atoms with Crippen molar-refractivity contribution < 1.29 is 23.4 Å². The highest BCUT2D eigenvalue weighted by Crippen LogP contribution is 2.26. The van der Waals surface area contributed by atoms with Gasteiger partial charge in [0.05, 0.1) is 12.7 Å². The maximum Gasteiger partial charge on any atom is 0.338 e. The standard InChI is InChI=1S/C24H20N2O5/c1-16(22-25-26-23(31-22)17-8-12-19(28-2)13-9-17)29-24(27)18-10-14-21(15-11-18)30-20-6-4-3-5-7-20/h3-16H,1-2H3/t16-/m1/s1. The third-order valence-electron chi connectivity index (χ3n) is 4.48. The molecule has 156 valence electrons. The summed E-state index contributed by atoms with van der Waals surface area (Å²) in [6.45, 7) is 1.68. The summed E-state index contributed by atoms with van der Waals surface area (Å²) in [5, 5.41) is 8.03. The molecule has 0 aliphatic carbocycles. The van der Waals surface area contributed by atoms with E-state index in [4.69, 9.17) is 18.6 Å². The molecule has 31 heavy (non-hydrogen) atoms. The average Bonchev–Trinajstić information content (AvgIpc) is 3.31. The quantitative estimate of drug-likeness (QED) is 0.370. The highest BCUT2D eigenvalue weighted by molar-refractivity contribution is 5.89. The molecule has 0 bridgehead atoms. The Hall–Kier alpha value is -4.13. The Morgan fingerprint density at radius 1 is 0.839 bits per heavy atom. The predicted molar refractivity (Wildman–Crippen MR) is 113 cm³/mol. The fraction of sp³-hybridized carbons (Fsp3) is 0.125. The monoisotopic (exact) mass is 416 g/mol. The molecule has 0 radical (unpaired) electrons. The molecule has 0 unspecified atom stereocenters. The summed E-state index contributed by atoms with van der Waals surface area (Å²) in [5.74, 6) is 2.12. The third-order valence-corrected chi connectivity index (χ3v) is 4.48. The number of rotatable bonds is 7. The highest BCUT2D eigenvalue weighted by Gasteiger charge is 2.20. The van der Waals surface area contributed by atoms with Crippen molar-refractivity contribution in [1.29, 1.82) is 0 Å². The molecule has 0 saturated carbocycles. The van der Waals surface area contributed by atoms with Gasteiger partial charge >= 0.3 is 5.97 Å². The highest BCUT2D eigenvalue weighted by atomic mass is 16.6. The van der Waals surface area contributed by atoms with E-state index in [-0.39, 0.29) is 5.89 Å². The number of esters is 1. The van der Waals surface area contributed by atoms with Crippen LogP contribution in [0, 0.1) is 0 Å². The molecule has 0 N–H and O–H groups in total.